The van der Waals surface area contributed by atoms with Crippen molar-refractivity contribution >= 4 is 23.1 Å². The first-order chi connectivity index (χ1) is 10.7. The molecule has 0 atom stereocenters. The summed E-state index contributed by atoms with van der Waals surface area (Å²) in [6.45, 7) is 0. The minimum atomic E-state index is -0.521. The summed E-state index contributed by atoms with van der Waals surface area (Å²) in [6.07, 6.45) is 5.16. The second-order valence-corrected chi connectivity index (χ2v) is 5.06. The van der Waals surface area contributed by atoms with Crippen molar-refractivity contribution < 1.29 is 13.9 Å². The molecule has 3 aromatic heterocycles. The van der Waals surface area contributed by atoms with Gasteiger partial charge in [-0.3, -0.25) is 14.8 Å². The maximum Gasteiger partial charge on any atom is 0.266 e. The molecule has 0 unspecified atom stereocenters. The number of carbonyl (C=O) groups is 1. The summed E-state index contributed by atoms with van der Waals surface area (Å²) in [5, 5.41) is 4.41. The van der Waals surface area contributed by atoms with E-state index in [2.05, 4.69) is 20.3 Å². The van der Waals surface area contributed by atoms with E-state index in [4.69, 9.17) is 4.74 Å². The first-order valence-corrected chi connectivity index (χ1v) is 7.04. The molecule has 0 spiro atoms. The van der Waals surface area contributed by atoms with Gasteiger partial charge in [0.25, 0.3) is 5.91 Å². The summed E-state index contributed by atoms with van der Waals surface area (Å²) >= 11 is 1.32. The number of thiophene rings is 1. The average Bonchev–Trinajstić information content (AvgIpc) is 3.02. The molecule has 1 N–H and O–H groups in total. The fraction of sp³-hybridized carbons (Fsp3) is 0. The van der Waals surface area contributed by atoms with Crippen LogP contribution in [0, 0.1) is 5.82 Å². The van der Waals surface area contributed by atoms with E-state index in [0.29, 0.717) is 4.88 Å². The number of anilines is 1. The fourth-order valence-electron chi connectivity index (χ4n) is 1.61. The van der Waals surface area contributed by atoms with Gasteiger partial charge in [0.1, 0.15) is 5.82 Å². The summed E-state index contributed by atoms with van der Waals surface area (Å²) < 4.78 is 18.4. The van der Waals surface area contributed by atoms with E-state index < -0.39 is 5.82 Å². The summed E-state index contributed by atoms with van der Waals surface area (Å²) in [5.41, 5.74) is 0. The van der Waals surface area contributed by atoms with Crippen molar-refractivity contribution in [2.24, 2.45) is 0 Å². The number of halogens is 1. The number of carbonyl (C=O) groups excluding carboxylic acids is 1. The Kier molecular flexibility index (Phi) is 4.01. The Balaban J connectivity index is 1.74. The Morgan fingerprint density at radius 1 is 1.23 bits per heavy atom. The summed E-state index contributed by atoms with van der Waals surface area (Å²) in [5.74, 6) is -0.255. The highest BCUT2D eigenvalue weighted by Crippen LogP contribution is 2.20. The Labute approximate surface area is 128 Å². The molecule has 0 saturated carbocycles. The lowest BCUT2D eigenvalue weighted by atomic mass is 10.4. The van der Waals surface area contributed by atoms with Gasteiger partial charge in [-0.05, 0) is 11.4 Å². The molecule has 8 heteroatoms. The minimum absolute atomic E-state index is 0.122. The van der Waals surface area contributed by atoms with E-state index in [1.54, 1.807) is 17.5 Å². The summed E-state index contributed by atoms with van der Waals surface area (Å²) in [4.78, 5) is 24.2. The highest BCUT2D eigenvalue weighted by Gasteiger charge is 2.09. The van der Waals surface area contributed by atoms with Crippen LogP contribution in [0.4, 0.5) is 10.2 Å². The molecule has 0 aliphatic heterocycles. The zero-order chi connectivity index (χ0) is 15.4. The molecule has 0 saturated heterocycles. The van der Waals surface area contributed by atoms with E-state index in [0.717, 1.165) is 6.20 Å². The number of nitrogens with one attached hydrogen (secondary N) is 1. The van der Waals surface area contributed by atoms with Crippen LogP contribution in [-0.2, 0) is 0 Å². The van der Waals surface area contributed by atoms with Gasteiger partial charge in [0.05, 0.1) is 29.7 Å². The van der Waals surface area contributed by atoms with E-state index in [1.165, 1.54) is 36.0 Å². The van der Waals surface area contributed by atoms with Crippen molar-refractivity contribution in [2.75, 3.05) is 5.32 Å². The second-order valence-electron chi connectivity index (χ2n) is 4.11. The molecule has 110 valence electrons. The third-order valence-electron chi connectivity index (χ3n) is 2.50. The molecule has 0 radical (unpaired) electrons. The lowest BCUT2D eigenvalue weighted by Crippen LogP contribution is -2.11. The summed E-state index contributed by atoms with van der Waals surface area (Å²) in [6, 6.07) is 4.65. The highest BCUT2D eigenvalue weighted by molar-refractivity contribution is 7.12. The predicted molar refractivity (Wildman–Crippen MR) is 78.6 cm³/mol. The van der Waals surface area contributed by atoms with Gasteiger partial charge in [0.2, 0.25) is 5.88 Å². The molecular formula is C14H9FN4O2S. The molecule has 3 heterocycles. The third-order valence-corrected chi connectivity index (χ3v) is 3.37. The Morgan fingerprint density at radius 3 is 2.86 bits per heavy atom. The van der Waals surface area contributed by atoms with Gasteiger partial charge in [0, 0.05) is 6.07 Å². The van der Waals surface area contributed by atoms with Crippen LogP contribution in [0.25, 0.3) is 0 Å². The Bertz CT molecular complexity index is 795. The van der Waals surface area contributed by atoms with Gasteiger partial charge in [-0.25, -0.2) is 4.39 Å². The van der Waals surface area contributed by atoms with Crippen LogP contribution < -0.4 is 10.1 Å². The quantitative estimate of drug-likeness (QED) is 0.800. The molecule has 3 aromatic rings. The van der Waals surface area contributed by atoms with Crippen LogP contribution >= 0.6 is 11.3 Å². The van der Waals surface area contributed by atoms with Crippen LogP contribution in [0.5, 0.6) is 11.6 Å². The number of amides is 1. The van der Waals surface area contributed by atoms with E-state index in [9.17, 15) is 9.18 Å². The summed E-state index contributed by atoms with van der Waals surface area (Å²) in [7, 11) is 0. The molecular weight excluding hydrogens is 307 g/mol. The first kappa shape index (κ1) is 14.1. The standard InChI is InChI=1S/C14H9FN4O2S/c15-9-4-10(6-16-5-9)21-13-8-17-7-12(18-13)19-14(20)11-2-1-3-22-11/h1-8H,(H,18,19,20). The highest BCUT2D eigenvalue weighted by atomic mass is 32.1. The zero-order valence-electron chi connectivity index (χ0n) is 11.1. The topological polar surface area (TPSA) is 77.0 Å². The van der Waals surface area contributed by atoms with Gasteiger partial charge < -0.3 is 10.1 Å². The van der Waals surface area contributed by atoms with Crippen LogP contribution in [0.2, 0.25) is 0 Å². The van der Waals surface area contributed by atoms with Gasteiger partial charge in [-0.15, -0.1) is 11.3 Å². The number of nitrogens with zero attached hydrogens (tertiary/aromatic N) is 3. The van der Waals surface area contributed by atoms with Gasteiger partial charge in [-0.1, -0.05) is 6.07 Å². The van der Waals surface area contributed by atoms with Crippen molar-refractivity contribution in [1.29, 1.82) is 0 Å². The van der Waals surface area contributed by atoms with Crippen molar-refractivity contribution in [3.63, 3.8) is 0 Å². The number of aromatic nitrogens is 3. The van der Waals surface area contributed by atoms with E-state index >= 15 is 0 Å². The van der Waals surface area contributed by atoms with Crippen molar-refractivity contribution in [1.82, 2.24) is 15.0 Å². The predicted octanol–water partition coefficient (Wildman–Crippen LogP) is 3.12. The molecule has 0 aliphatic rings. The maximum atomic E-state index is 13.0. The van der Waals surface area contributed by atoms with Gasteiger partial charge in [-0.2, -0.15) is 4.98 Å². The van der Waals surface area contributed by atoms with Crippen LogP contribution in [0.3, 0.4) is 0 Å². The van der Waals surface area contributed by atoms with Crippen LogP contribution in [0.1, 0.15) is 9.67 Å². The molecule has 0 fully saturated rings. The van der Waals surface area contributed by atoms with Gasteiger partial charge >= 0.3 is 0 Å². The average molecular weight is 316 g/mol. The maximum absolute atomic E-state index is 13.0. The molecule has 3 rings (SSSR count). The molecule has 1 amide bonds. The SMILES string of the molecule is O=C(Nc1cncc(Oc2cncc(F)c2)n1)c1cccs1. The monoisotopic (exact) mass is 316 g/mol. The normalized spacial score (nSPS) is 10.2. The minimum Gasteiger partial charge on any atom is -0.436 e. The molecule has 0 aromatic carbocycles. The second kappa shape index (κ2) is 6.27. The lowest BCUT2D eigenvalue weighted by molar-refractivity contribution is 0.103. The largest absolute Gasteiger partial charge is 0.436 e. The molecule has 6 nitrogen and oxygen atoms in total. The molecule has 0 bridgehead atoms. The molecule has 22 heavy (non-hydrogen) atoms. The first-order valence-electron chi connectivity index (χ1n) is 6.16. The number of rotatable bonds is 4. The van der Waals surface area contributed by atoms with Crippen molar-refractivity contribution in [3.8, 4) is 11.6 Å². The van der Waals surface area contributed by atoms with Crippen LogP contribution in [0.15, 0.2) is 48.4 Å². The van der Waals surface area contributed by atoms with E-state index in [1.807, 2.05) is 0 Å². The van der Waals surface area contributed by atoms with Crippen molar-refractivity contribution in [3.05, 3.63) is 59.1 Å². The smallest absolute Gasteiger partial charge is 0.266 e. The molecule has 0 aliphatic carbocycles. The Hall–Kier alpha value is -2.87. The third kappa shape index (κ3) is 3.41. The lowest BCUT2D eigenvalue weighted by Gasteiger charge is -2.06. The number of ether oxygens (including phenoxy) is 1. The van der Waals surface area contributed by atoms with Crippen molar-refractivity contribution in [2.45, 2.75) is 0 Å². The van der Waals surface area contributed by atoms with Gasteiger partial charge in [0.15, 0.2) is 11.6 Å². The van der Waals surface area contributed by atoms with Crippen LogP contribution in [-0.4, -0.2) is 20.9 Å². The fourth-order valence-corrected chi connectivity index (χ4v) is 2.23. The number of hydrogen-bond donors (Lipinski definition) is 1. The number of hydrogen-bond acceptors (Lipinski definition) is 6. The Morgan fingerprint density at radius 2 is 2.09 bits per heavy atom. The number of pyridine rings is 1. The van der Waals surface area contributed by atoms with E-state index in [-0.39, 0.29) is 23.4 Å². The zero-order valence-corrected chi connectivity index (χ0v) is 11.9.